The number of halogens is 1. The van der Waals surface area contributed by atoms with E-state index in [0.29, 0.717) is 42.2 Å². The predicted octanol–water partition coefficient (Wildman–Crippen LogP) is 3.92. The number of rotatable bonds is 11. The SMILES string of the molecule is COc1cc2nc(NC3CCN(Cc4ccc(OC)c(OCCF)c4)CC3)nc(N3CCOCC3)c2cc1OC. The number of hydrogen-bond donors (Lipinski definition) is 1. The number of morpholine rings is 1. The fourth-order valence-corrected chi connectivity index (χ4v) is 5.28. The zero-order valence-corrected chi connectivity index (χ0v) is 23.5. The van der Waals surface area contributed by atoms with Gasteiger partial charge in [-0.15, -0.1) is 0 Å². The van der Waals surface area contributed by atoms with Crippen LogP contribution in [0.1, 0.15) is 18.4 Å². The molecule has 2 aliphatic heterocycles. The Morgan fingerprint density at radius 2 is 1.62 bits per heavy atom. The zero-order valence-electron chi connectivity index (χ0n) is 23.5. The van der Waals surface area contributed by atoms with E-state index in [2.05, 4.69) is 15.1 Å². The first-order chi connectivity index (χ1) is 19.6. The number of anilines is 2. The van der Waals surface area contributed by atoms with Crippen molar-refractivity contribution in [2.24, 2.45) is 0 Å². The summed E-state index contributed by atoms with van der Waals surface area (Å²) >= 11 is 0. The summed E-state index contributed by atoms with van der Waals surface area (Å²) in [6, 6.07) is 9.97. The second kappa shape index (κ2) is 13.2. The van der Waals surface area contributed by atoms with Crippen LogP contribution >= 0.6 is 0 Å². The van der Waals surface area contributed by atoms with E-state index in [1.54, 1.807) is 21.3 Å². The first kappa shape index (κ1) is 28.0. The summed E-state index contributed by atoms with van der Waals surface area (Å²) in [6.45, 7) is 4.99. The number of alkyl halides is 1. The summed E-state index contributed by atoms with van der Waals surface area (Å²) < 4.78 is 40.2. The molecule has 1 aromatic heterocycles. The molecule has 3 aromatic rings. The zero-order chi connectivity index (χ0) is 27.9. The molecular weight excluding hydrogens is 517 g/mol. The van der Waals surface area contributed by atoms with Crippen molar-refractivity contribution < 1.29 is 28.1 Å². The molecule has 0 spiro atoms. The lowest BCUT2D eigenvalue weighted by Gasteiger charge is -2.33. The van der Waals surface area contributed by atoms with E-state index < -0.39 is 6.67 Å². The number of aromatic nitrogens is 2. The van der Waals surface area contributed by atoms with Gasteiger partial charge in [0.15, 0.2) is 23.0 Å². The second-order valence-electron chi connectivity index (χ2n) is 9.91. The van der Waals surface area contributed by atoms with E-state index >= 15 is 0 Å². The topological polar surface area (TPSA) is 90.4 Å². The van der Waals surface area contributed by atoms with E-state index in [4.69, 9.17) is 33.7 Å². The van der Waals surface area contributed by atoms with Crippen molar-refractivity contribution in [3.8, 4) is 23.0 Å². The van der Waals surface area contributed by atoms with Crippen molar-refractivity contribution in [3.63, 3.8) is 0 Å². The highest BCUT2D eigenvalue weighted by atomic mass is 19.1. The molecule has 2 saturated heterocycles. The van der Waals surface area contributed by atoms with Gasteiger partial charge in [-0.05, 0) is 36.6 Å². The molecule has 3 heterocycles. The minimum absolute atomic E-state index is 0.0152. The summed E-state index contributed by atoms with van der Waals surface area (Å²) in [5.41, 5.74) is 1.91. The number of piperidine rings is 1. The van der Waals surface area contributed by atoms with Crippen molar-refractivity contribution in [3.05, 3.63) is 35.9 Å². The Morgan fingerprint density at radius 1 is 0.900 bits per heavy atom. The van der Waals surface area contributed by atoms with Gasteiger partial charge in [0, 0.05) is 50.2 Å². The molecule has 2 aliphatic rings. The summed E-state index contributed by atoms with van der Waals surface area (Å²) in [5, 5.41) is 4.52. The number of fused-ring (bicyclic) bond motifs is 1. The van der Waals surface area contributed by atoms with Gasteiger partial charge in [-0.25, -0.2) is 9.37 Å². The number of nitrogens with one attached hydrogen (secondary N) is 1. The molecule has 0 radical (unpaired) electrons. The maximum atomic E-state index is 12.6. The Labute approximate surface area is 234 Å². The number of hydrogen-bond acceptors (Lipinski definition) is 10. The van der Waals surface area contributed by atoms with Crippen LogP contribution in [-0.4, -0.2) is 94.9 Å². The van der Waals surface area contributed by atoms with Crippen LogP contribution in [0.15, 0.2) is 30.3 Å². The Kier molecular flexibility index (Phi) is 9.22. The van der Waals surface area contributed by atoms with Gasteiger partial charge in [0.1, 0.15) is 19.1 Å². The monoisotopic (exact) mass is 555 g/mol. The normalized spacial score (nSPS) is 16.6. The molecule has 0 amide bonds. The first-order valence-electron chi connectivity index (χ1n) is 13.7. The number of methoxy groups -OCH3 is 3. The van der Waals surface area contributed by atoms with Gasteiger partial charge < -0.3 is 33.9 Å². The highest BCUT2D eigenvalue weighted by Gasteiger charge is 2.23. The largest absolute Gasteiger partial charge is 0.493 e. The van der Waals surface area contributed by atoms with Gasteiger partial charge in [0.05, 0.1) is 40.1 Å². The highest BCUT2D eigenvalue weighted by Crippen LogP contribution is 2.36. The molecule has 0 atom stereocenters. The third kappa shape index (κ3) is 6.42. The molecule has 2 aromatic carbocycles. The van der Waals surface area contributed by atoms with E-state index in [1.807, 2.05) is 30.3 Å². The third-order valence-corrected chi connectivity index (χ3v) is 7.38. The average Bonchev–Trinajstić information content (AvgIpc) is 3.00. The van der Waals surface area contributed by atoms with Gasteiger partial charge in [0.25, 0.3) is 0 Å². The van der Waals surface area contributed by atoms with Crippen LogP contribution in [0.2, 0.25) is 0 Å². The molecule has 2 fully saturated rings. The minimum Gasteiger partial charge on any atom is -0.493 e. The number of nitrogens with zero attached hydrogens (tertiary/aromatic N) is 4. The van der Waals surface area contributed by atoms with Crippen molar-refractivity contribution >= 4 is 22.7 Å². The first-order valence-corrected chi connectivity index (χ1v) is 13.7. The number of ether oxygens (including phenoxy) is 5. The summed E-state index contributed by atoms with van der Waals surface area (Å²) in [5.74, 6) is 3.97. The van der Waals surface area contributed by atoms with Crippen LogP contribution in [0, 0.1) is 0 Å². The van der Waals surface area contributed by atoms with Crippen molar-refractivity contribution in [1.82, 2.24) is 14.9 Å². The van der Waals surface area contributed by atoms with Crippen LogP contribution in [0.3, 0.4) is 0 Å². The summed E-state index contributed by atoms with van der Waals surface area (Å²) in [6.07, 6.45) is 1.92. The van der Waals surface area contributed by atoms with E-state index in [9.17, 15) is 4.39 Å². The Morgan fingerprint density at radius 3 is 2.33 bits per heavy atom. The fraction of sp³-hybridized carbons (Fsp3) is 0.517. The van der Waals surface area contributed by atoms with Crippen molar-refractivity contribution in [1.29, 1.82) is 0 Å². The molecular formula is C29H38FN5O5. The maximum absolute atomic E-state index is 12.6. The van der Waals surface area contributed by atoms with Crippen LogP contribution < -0.4 is 29.2 Å². The number of benzene rings is 2. The average molecular weight is 556 g/mol. The molecule has 40 heavy (non-hydrogen) atoms. The lowest BCUT2D eigenvalue weighted by atomic mass is 10.0. The van der Waals surface area contributed by atoms with Gasteiger partial charge in [-0.1, -0.05) is 6.07 Å². The Hall–Kier alpha value is -3.57. The van der Waals surface area contributed by atoms with E-state index in [1.165, 1.54) is 0 Å². The summed E-state index contributed by atoms with van der Waals surface area (Å²) in [7, 11) is 4.85. The van der Waals surface area contributed by atoms with Gasteiger partial charge in [-0.2, -0.15) is 4.98 Å². The summed E-state index contributed by atoms with van der Waals surface area (Å²) in [4.78, 5) is 14.5. The predicted molar refractivity (Wildman–Crippen MR) is 152 cm³/mol. The molecule has 0 bridgehead atoms. The standard InChI is InChI=1S/C29H38FN5O5/c1-36-24-5-4-20(16-27(24)40-13-8-30)19-34-9-6-21(7-10-34)31-29-32-23-18-26(38-3)25(37-2)17-22(23)28(33-29)35-11-14-39-15-12-35/h4-5,16-18,21H,6-15,19H2,1-3H3,(H,31,32,33). The van der Waals surface area contributed by atoms with Crippen LogP contribution in [0.5, 0.6) is 23.0 Å². The van der Waals surface area contributed by atoms with Gasteiger partial charge in [0.2, 0.25) is 5.95 Å². The fourth-order valence-electron chi connectivity index (χ4n) is 5.28. The Balaban J connectivity index is 1.28. The van der Waals surface area contributed by atoms with Crippen molar-refractivity contribution in [2.45, 2.75) is 25.4 Å². The molecule has 216 valence electrons. The van der Waals surface area contributed by atoms with Crippen LogP contribution in [0.25, 0.3) is 10.9 Å². The van der Waals surface area contributed by atoms with E-state index in [-0.39, 0.29) is 12.6 Å². The molecule has 0 unspecified atom stereocenters. The maximum Gasteiger partial charge on any atom is 0.225 e. The molecule has 10 nitrogen and oxygen atoms in total. The smallest absolute Gasteiger partial charge is 0.225 e. The number of likely N-dealkylation sites (tertiary alicyclic amines) is 1. The molecule has 0 aliphatic carbocycles. The van der Waals surface area contributed by atoms with E-state index in [0.717, 1.165) is 67.8 Å². The Bertz CT molecular complexity index is 1280. The highest BCUT2D eigenvalue weighted by molar-refractivity contribution is 5.93. The molecule has 11 heteroatoms. The molecule has 0 saturated carbocycles. The third-order valence-electron chi connectivity index (χ3n) is 7.38. The van der Waals surface area contributed by atoms with Crippen molar-refractivity contribution in [2.75, 3.05) is 84.2 Å². The van der Waals surface area contributed by atoms with Crippen LogP contribution in [-0.2, 0) is 11.3 Å². The lowest BCUT2D eigenvalue weighted by molar-refractivity contribution is 0.122. The molecule has 1 N–H and O–H groups in total. The van der Waals surface area contributed by atoms with Gasteiger partial charge in [-0.3, -0.25) is 4.90 Å². The minimum atomic E-state index is -0.537. The lowest BCUT2D eigenvalue weighted by Crippen LogP contribution is -2.39. The van der Waals surface area contributed by atoms with Gasteiger partial charge >= 0.3 is 0 Å². The quantitative estimate of drug-likeness (QED) is 0.376. The molecule has 5 rings (SSSR count). The second-order valence-corrected chi connectivity index (χ2v) is 9.91. The van der Waals surface area contributed by atoms with Crippen LogP contribution in [0.4, 0.5) is 16.2 Å².